The average Bonchev–Trinajstić information content (AvgIpc) is 3.23. The number of hydrogen-bond acceptors (Lipinski definition) is 6. The maximum atomic E-state index is 14.1. The minimum atomic E-state index is -0.553. The number of aromatic nitrogens is 2. The van der Waals surface area contributed by atoms with Crippen LogP contribution in [0.4, 0.5) is 19.4 Å². The Hall–Kier alpha value is -3.23. The van der Waals surface area contributed by atoms with Crippen molar-refractivity contribution in [3.63, 3.8) is 0 Å². The van der Waals surface area contributed by atoms with E-state index in [9.17, 15) is 13.6 Å². The molecule has 0 aromatic carbocycles. The fourth-order valence-corrected chi connectivity index (χ4v) is 5.59. The van der Waals surface area contributed by atoms with E-state index in [-0.39, 0.29) is 11.5 Å². The predicted octanol–water partition coefficient (Wildman–Crippen LogP) is 4.38. The zero-order chi connectivity index (χ0) is 24.6. The number of aryl methyl sites for hydroxylation is 1. The van der Waals surface area contributed by atoms with Crippen molar-refractivity contribution in [2.24, 2.45) is 5.41 Å². The molecule has 0 N–H and O–H groups in total. The molecule has 2 aromatic heterocycles. The first-order valence-corrected chi connectivity index (χ1v) is 12.3. The summed E-state index contributed by atoms with van der Waals surface area (Å²) < 4.78 is 32.7. The minimum Gasteiger partial charge on any atom is -0.450 e. The van der Waals surface area contributed by atoms with Gasteiger partial charge in [0.15, 0.2) is 0 Å². The second-order valence-electron chi connectivity index (χ2n) is 9.83. The van der Waals surface area contributed by atoms with Crippen LogP contribution in [0.2, 0.25) is 0 Å². The Morgan fingerprint density at radius 1 is 1.17 bits per heavy atom. The van der Waals surface area contributed by atoms with Crippen molar-refractivity contribution >= 4 is 11.9 Å². The lowest BCUT2D eigenvalue weighted by molar-refractivity contribution is 0.00356. The number of carbonyl (C=O) groups is 1. The molecule has 2 aliphatic heterocycles. The van der Waals surface area contributed by atoms with Crippen molar-refractivity contribution < 1.29 is 18.3 Å². The molecule has 35 heavy (non-hydrogen) atoms. The van der Waals surface area contributed by atoms with Crippen LogP contribution >= 0.6 is 0 Å². The number of nitrogens with zero attached hydrogens (tertiary/aromatic N) is 5. The molecule has 1 saturated carbocycles. The van der Waals surface area contributed by atoms with Gasteiger partial charge in [-0.15, -0.1) is 0 Å². The van der Waals surface area contributed by atoms with Gasteiger partial charge in [-0.3, -0.25) is 0 Å². The van der Waals surface area contributed by atoms with Crippen LogP contribution in [0.5, 0.6) is 0 Å². The average molecular weight is 484 g/mol. The molecule has 4 heterocycles. The standard InChI is InChI=1S/C26H31F2N5O2/c1-3-35-25(34)33-16-26(17-33)7-6-19(13-26)15-31-8-10-32(11-9-31)24-22(12-20(27)14-29-24)21-4-5-23(28)30-18(21)2/h4-5,12,14-15H,3,6-11,13,16-17H2,1-2H3. The summed E-state index contributed by atoms with van der Waals surface area (Å²) in [7, 11) is 0. The fraction of sp³-hybridized carbons (Fsp3) is 0.500. The van der Waals surface area contributed by atoms with Gasteiger partial charge in [0.1, 0.15) is 11.6 Å². The van der Waals surface area contributed by atoms with Crippen LogP contribution in [0.1, 0.15) is 31.9 Å². The third kappa shape index (κ3) is 4.81. The quantitative estimate of drug-likeness (QED) is 0.602. The lowest BCUT2D eigenvalue weighted by atomic mass is 9.78. The molecule has 0 atom stereocenters. The van der Waals surface area contributed by atoms with Crippen LogP contribution in [-0.2, 0) is 4.74 Å². The number of pyridine rings is 2. The van der Waals surface area contributed by atoms with E-state index in [1.54, 1.807) is 17.9 Å². The molecule has 1 aliphatic carbocycles. The Labute approximate surface area is 204 Å². The highest BCUT2D eigenvalue weighted by Gasteiger charge is 2.48. The summed E-state index contributed by atoms with van der Waals surface area (Å²) in [5.41, 5.74) is 3.49. The van der Waals surface area contributed by atoms with Crippen LogP contribution < -0.4 is 4.90 Å². The monoisotopic (exact) mass is 483 g/mol. The topological polar surface area (TPSA) is 61.8 Å². The molecule has 9 heteroatoms. The van der Waals surface area contributed by atoms with E-state index in [4.69, 9.17) is 4.74 Å². The Morgan fingerprint density at radius 3 is 2.66 bits per heavy atom. The van der Waals surface area contributed by atoms with Crippen LogP contribution in [-0.4, -0.2) is 71.7 Å². The summed E-state index contributed by atoms with van der Waals surface area (Å²) in [6.07, 6.45) is 6.54. The first-order chi connectivity index (χ1) is 16.9. The van der Waals surface area contributed by atoms with Gasteiger partial charge in [0.25, 0.3) is 0 Å². The Morgan fingerprint density at radius 2 is 1.94 bits per heavy atom. The van der Waals surface area contributed by atoms with Gasteiger partial charge >= 0.3 is 6.09 Å². The summed E-state index contributed by atoms with van der Waals surface area (Å²) in [4.78, 5) is 26.5. The largest absolute Gasteiger partial charge is 0.450 e. The normalized spacial score (nSPS) is 20.5. The van der Waals surface area contributed by atoms with Crippen molar-refractivity contribution in [1.29, 1.82) is 0 Å². The molecule has 0 unspecified atom stereocenters. The number of rotatable bonds is 4. The Balaban J connectivity index is 1.22. The summed E-state index contributed by atoms with van der Waals surface area (Å²) in [5.74, 6) is -0.282. The number of hydrogen-bond donors (Lipinski definition) is 0. The van der Waals surface area contributed by atoms with E-state index >= 15 is 0 Å². The molecule has 2 saturated heterocycles. The molecule has 7 nitrogen and oxygen atoms in total. The van der Waals surface area contributed by atoms with Crippen molar-refractivity contribution in [2.45, 2.75) is 33.1 Å². The van der Waals surface area contributed by atoms with Crippen LogP contribution in [0.3, 0.4) is 0 Å². The second-order valence-corrected chi connectivity index (χ2v) is 9.83. The maximum Gasteiger partial charge on any atom is 0.409 e. The van der Waals surface area contributed by atoms with Gasteiger partial charge in [-0.05, 0) is 57.5 Å². The number of halogens is 2. The van der Waals surface area contributed by atoms with E-state index in [0.29, 0.717) is 29.2 Å². The van der Waals surface area contributed by atoms with Gasteiger partial charge in [0.05, 0.1) is 12.8 Å². The lowest BCUT2D eigenvalue weighted by Gasteiger charge is -2.47. The van der Waals surface area contributed by atoms with Crippen molar-refractivity contribution in [3.8, 4) is 11.1 Å². The van der Waals surface area contributed by atoms with Crippen molar-refractivity contribution in [1.82, 2.24) is 19.8 Å². The molecular weight excluding hydrogens is 452 g/mol. The zero-order valence-electron chi connectivity index (χ0n) is 20.3. The molecule has 0 radical (unpaired) electrons. The van der Waals surface area contributed by atoms with Gasteiger partial charge in [-0.25, -0.2) is 19.2 Å². The van der Waals surface area contributed by atoms with Crippen LogP contribution in [0, 0.1) is 24.1 Å². The van der Waals surface area contributed by atoms with Crippen LogP contribution in [0.25, 0.3) is 11.1 Å². The number of anilines is 1. The third-order valence-electron chi connectivity index (χ3n) is 7.31. The Bertz CT molecular complexity index is 1140. The summed E-state index contributed by atoms with van der Waals surface area (Å²) in [6.45, 7) is 8.72. The number of ether oxygens (including phenoxy) is 1. The van der Waals surface area contributed by atoms with Gasteiger partial charge in [0, 0.05) is 61.5 Å². The predicted molar refractivity (Wildman–Crippen MR) is 129 cm³/mol. The van der Waals surface area contributed by atoms with E-state index in [1.807, 2.05) is 6.92 Å². The highest BCUT2D eigenvalue weighted by atomic mass is 19.1. The molecule has 186 valence electrons. The molecule has 0 bridgehead atoms. The maximum absolute atomic E-state index is 14.1. The zero-order valence-corrected chi connectivity index (χ0v) is 20.3. The van der Waals surface area contributed by atoms with E-state index in [1.165, 1.54) is 23.9 Å². The van der Waals surface area contributed by atoms with Gasteiger partial charge in [-0.2, -0.15) is 4.39 Å². The minimum absolute atomic E-state index is 0.202. The number of likely N-dealkylation sites (tertiary alicyclic amines) is 1. The first-order valence-electron chi connectivity index (χ1n) is 12.3. The van der Waals surface area contributed by atoms with Crippen LogP contribution in [0.15, 0.2) is 36.2 Å². The molecule has 5 rings (SSSR count). The van der Waals surface area contributed by atoms with Crippen molar-refractivity contribution in [3.05, 3.63) is 53.6 Å². The SMILES string of the molecule is CCOC(=O)N1CC2(CCC(=CN3CCN(c4ncc(F)cc4-c4ccc(F)nc4C)CC3)C2)C1. The van der Waals surface area contributed by atoms with Crippen molar-refractivity contribution in [2.75, 3.05) is 50.8 Å². The molecule has 3 fully saturated rings. The summed E-state index contributed by atoms with van der Waals surface area (Å²) in [6, 6.07) is 4.39. The number of carbonyl (C=O) groups excluding carboxylic acids is 1. The van der Waals surface area contributed by atoms with Gasteiger partial charge < -0.3 is 19.4 Å². The lowest BCUT2D eigenvalue weighted by Crippen LogP contribution is -2.57. The third-order valence-corrected chi connectivity index (χ3v) is 7.31. The summed E-state index contributed by atoms with van der Waals surface area (Å²) in [5, 5.41) is 0. The smallest absolute Gasteiger partial charge is 0.409 e. The molecule has 1 spiro atoms. The summed E-state index contributed by atoms with van der Waals surface area (Å²) >= 11 is 0. The first kappa shape index (κ1) is 23.5. The van der Waals surface area contributed by atoms with Gasteiger partial charge in [-0.1, -0.05) is 5.57 Å². The molecule has 3 aliphatic rings. The Kier molecular flexibility index (Phi) is 6.34. The van der Waals surface area contributed by atoms with Gasteiger partial charge in [0.2, 0.25) is 5.95 Å². The number of amides is 1. The molecule has 2 aromatic rings. The number of piperazine rings is 1. The highest BCUT2D eigenvalue weighted by molar-refractivity contribution is 5.77. The highest BCUT2D eigenvalue weighted by Crippen LogP contribution is 2.48. The fourth-order valence-electron chi connectivity index (χ4n) is 5.59. The van der Waals surface area contributed by atoms with E-state index in [2.05, 4.69) is 26.0 Å². The number of allylic oxidation sites excluding steroid dienone is 1. The molecular formula is C26H31F2N5O2. The molecule has 1 amide bonds. The second kappa shape index (κ2) is 9.43. The van der Waals surface area contributed by atoms with E-state index in [0.717, 1.165) is 58.5 Å². The van der Waals surface area contributed by atoms with E-state index < -0.39 is 11.8 Å².